The molecule has 2 aromatic rings. The summed E-state index contributed by atoms with van der Waals surface area (Å²) in [5.74, 6) is -0.0744. The Balaban J connectivity index is 1.83. The molecular weight excluding hydrogens is 249 g/mol. The summed E-state index contributed by atoms with van der Waals surface area (Å²) in [7, 11) is 0. The Morgan fingerprint density at radius 2 is 2.21 bits per heavy atom. The third-order valence-electron chi connectivity index (χ3n) is 3.17. The van der Waals surface area contributed by atoms with Crippen LogP contribution in [0.4, 0.5) is 10.1 Å². The first-order chi connectivity index (χ1) is 9.15. The van der Waals surface area contributed by atoms with Gasteiger partial charge in [0.1, 0.15) is 12.1 Å². The van der Waals surface area contributed by atoms with Gasteiger partial charge in [-0.15, -0.1) is 10.2 Å². The van der Waals surface area contributed by atoms with E-state index >= 15 is 0 Å². The molecule has 7 heteroatoms. The highest BCUT2D eigenvalue weighted by atomic mass is 19.1. The Bertz CT molecular complexity index is 639. The van der Waals surface area contributed by atoms with Crippen LogP contribution in [0.25, 0.3) is 0 Å². The second-order valence-corrected chi connectivity index (χ2v) is 4.40. The molecule has 1 aliphatic heterocycles. The maximum absolute atomic E-state index is 13.4. The minimum absolute atomic E-state index is 0.0370. The first-order valence-electron chi connectivity index (χ1n) is 5.86. The number of nitrogens with two attached hydrogens (primary N) is 1. The molecule has 0 radical (unpaired) electrons. The molecule has 0 saturated heterocycles. The number of nitrogen functional groups attached to an aromatic ring is 1. The van der Waals surface area contributed by atoms with Crippen molar-refractivity contribution in [2.45, 2.75) is 13.1 Å². The maximum atomic E-state index is 13.4. The van der Waals surface area contributed by atoms with Crippen LogP contribution in [0.2, 0.25) is 0 Å². The van der Waals surface area contributed by atoms with Crippen LogP contribution >= 0.6 is 0 Å². The van der Waals surface area contributed by atoms with Gasteiger partial charge < -0.3 is 15.2 Å². The number of carbonyl (C=O) groups excluding carboxylic acids is 1. The average molecular weight is 261 g/mol. The third kappa shape index (κ3) is 2.03. The van der Waals surface area contributed by atoms with Gasteiger partial charge in [-0.2, -0.15) is 0 Å². The lowest BCUT2D eigenvalue weighted by molar-refractivity contribution is 0.0707. The minimum Gasteiger partial charge on any atom is -0.396 e. The lowest BCUT2D eigenvalue weighted by Gasteiger charge is -2.27. The zero-order valence-corrected chi connectivity index (χ0v) is 10.1. The monoisotopic (exact) mass is 261 g/mol. The number of hydrogen-bond acceptors (Lipinski definition) is 4. The number of amides is 1. The zero-order chi connectivity index (χ0) is 13.4. The van der Waals surface area contributed by atoms with Gasteiger partial charge in [0.05, 0.1) is 12.2 Å². The van der Waals surface area contributed by atoms with Gasteiger partial charge >= 0.3 is 0 Å². The van der Waals surface area contributed by atoms with E-state index in [-0.39, 0.29) is 11.6 Å². The number of carbonyl (C=O) groups is 1. The van der Waals surface area contributed by atoms with Crippen LogP contribution in [0.1, 0.15) is 16.2 Å². The molecule has 1 aliphatic rings. The first kappa shape index (κ1) is 11.6. The fourth-order valence-corrected chi connectivity index (χ4v) is 2.08. The van der Waals surface area contributed by atoms with Crippen LogP contribution in [0.5, 0.6) is 0 Å². The van der Waals surface area contributed by atoms with Crippen LogP contribution < -0.4 is 5.73 Å². The molecule has 0 saturated carbocycles. The van der Waals surface area contributed by atoms with E-state index in [9.17, 15) is 9.18 Å². The second-order valence-electron chi connectivity index (χ2n) is 4.40. The molecule has 0 spiro atoms. The molecule has 1 aromatic heterocycles. The van der Waals surface area contributed by atoms with Crippen LogP contribution in [0.3, 0.4) is 0 Å². The van der Waals surface area contributed by atoms with Gasteiger partial charge in [0.2, 0.25) is 0 Å². The molecule has 2 heterocycles. The van der Waals surface area contributed by atoms with Crippen LogP contribution in [-0.2, 0) is 13.1 Å². The third-order valence-corrected chi connectivity index (χ3v) is 3.17. The van der Waals surface area contributed by atoms with Crippen molar-refractivity contribution in [1.82, 2.24) is 19.7 Å². The zero-order valence-electron chi connectivity index (χ0n) is 10.1. The number of rotatable bonds is 1. The highest BCUT2D eigenvalue weighted by molar-refractivity contribution is 5.94. The summed E-state index contributed by atoms with van der Waals surface area (Å²) in [6.07, 6.45) is 1.64. The molecule has 19 heavy (non-hydrogen) atoms. The van der Waals surface area contributed by atoms with Crippen molar-refractivity contribution in [3.63, 3.8) is 0 Å². The highest BCUT2D eigenvalue weighted by Crippen LogP contribution is 2.16. The van der Waals surface area contributed by atoms with Crippen molar-refractivity contribution in [2.75, 3.05) is 12.3 Å². The number of benzene rings is 1. The van der Waals surface area contributed by atoms with E-state index in [1.807, 2.05) is 4.57 Å². The van der Waals surface area contributed by atoms with Gasteiger partial charge in [-0.1, -0.05) is 0 Å². The van der Waals surface area contributed by atoms with Crippen molar-refractivity contribution in [3.05, 3.63) is 41.7 Å². The maximum Gasteiger partial charge on any atom is 0.254 e. The van der Waals surface area contributed by atoms with Crippen molar-refractivity contribution in [3.8, 4) is 0 Å². The fourth-order valence-electron chi connectivity index (χ4n) is 2.08. The molecule has 98 valence electrons. The molecule has 3 rings (SSSR count). The summed E-state index contributed by atoms with van der Waals surface area (Å²) in [6, 6.07) is 4.09. The molecule has 2 N–H and O–H groups in total. The lowest BCUT2D eigenvalue weighted by atomic mass is 10.1. The number of aromatic nitrogens is 3. The molecule has 0 aliphatic carbocycles. The molecule has 0 fully saturated rings. The normalized spacial score (nSPS) is 14.3. The predicted molar refractivity (Wildman–Crippen MR) is 65.6 cm³/mol. The Hall–Kier alpha value is -2.44. The van der Waals surface area contributed by atoms with Gasteiger partial charge in [-0.3, -0.25) is 4.79 Å². The standard InChI is InChI=1S/C12H12FN5O/c13-9-5-8(1-2-10(9)14)12(19)17-3-4-18-7-15-16-11(18)6-17/h1-2,5,7H,3-4,6,14H2. The van der Waals surface area contributed by atoms with E-state index in [0.29, 0.717) is 25.2 Å². The summed E-state index contributed by atoms with van der Waals surface area (Å²) in [5, 5.41) is 7.73. The summed E-state index contributed by atoms with van der Waals surface area (Å²) in [5.41, 5.74) is 5.72. The Morgan fingerprint density at radius 1 is 1.37 bits per heavy atom. The molecular formula is C12H12FN5O. The SMILES string of the molecule is Nc1ccc(C(=O)N2CCn3cnnc3C2)cc1F. The van der Waals surface area contributed by atoms with E-state index < -0.39 is 5.82 Å². The van der Waals surface area contributed by atoms with Crippen LogP contribution in [0, 0.1) is 5.82 Å². The van der Waals surface area contributed by atoms with Gasteiger partial charge in [-0.25, -0.2) is 4.39 Å². The molecule has 0 unspecified atom stereocenters. The van der Waals surface area contributed by atoms with E-state index in [1.54, 1.807) is 11.2 Å². The van der Waals surface area contributed by atoms with Crippen molar-refractivity contribution >= 4 is 11.6 Å². The summed E-state index contributed by atoms with van der Waals surface area (Å²) in [4.78, 5) is 13.9. The number of nitrogens with zero attached hydrogens (tertiary/aromatic N) is 4. The number of halogens is 1. The van der Waals surface area contributed by atoms with E-state index in [1.165, 1.54) is 12.1 Å². The number of hydrogen-bond donors (Lipinski definition) is 1. The fraction of sp³-hybridized carbons (Fsp3) is 0.250. The molecule has 0 atom stereocenters. The predicted octanol–water partition coefficient (Wildman–Crippen LogP) is 0.655. The van der Waals surface area contributed by atoms with E-state index in [4.69, 9.17) is 5.73 Å². The molecule has 1 aromatic carbocycles. The van der Waals surface area contributed by atoms with Gasteiger partial charge in [0, 0.05) is 18.7 Å². The molecule has 0 bridgehead atoms. The lowest BCUT2D eigenvalue weighted by Crippen LogP contribution is -2.38. The second kappa shape index (κ2) is 4.34. The van der Waals surface area contributed by atoms with E-state index in [0.717, 1.165) is 11.9 Å². The topological polar surface area (TPSA) is 77.0 Å². The minimum atomic E-state index is -0.578. The largest absolute Gasteiger partial charge is 0.396 e. The van der Waals surface area contributed by atoms with Crippen molar-refractivity contribution in [1.29, 1.82) is 0 Å². The van der Waals surface area contributed by atoms with Crippen molar-refractivity contribution < 1.29 is 9.18 Å². The highest BCUT2D eigenvalue weighted by Gasteiger charge is 2.23. The molecule has 1 amide bonds. The summed E-state index contributed by atoms with van der Waals surface area (Å²) >= 11 is 0. The Labute approximate surface area is 108 Å². The quantitative estimate of drug-likeness (QED) is 0.765. The van der Waals surface area contributed by atoms with Gasteiger partial charge in [-0.05, 0) is 18.2 Å². The Morgan fingerprint density at radius 3 is 3.00 bits per heavy atom. The average Bonchev–Trinajstić information content (AvgIpc) is 2.88. The Kier molecular flexibility index (Phi) is 2.66. The first-order valence-corrected chi connectivity index (χ1v) is 5.86. The van der Waals surface area contributed by atoms with Gasteiger partial charge in [0.15, 0.2) is 5.82 Å². The number of fused-ring (bicyclic) bond motifs is 1. The van der Waals surface area contributed by atoms with Crippen LogP contribution in [-0.4, -0.2) is 32.1 Å². The molecule has 6 nitrogen and oxygen atoms in total. The van der Waals surface area contributed by atoms with Crippen molar-refractivity contribution in [2.24, 2.45) is 0 Å². The van der Waals surface area contributed by atoms with Crippen LogP contribution in [0.15, 0.2) is 24.5 Å². The smallest absolute Gasteiger partial charge is 0.254 e. The van der Waals surface area contributed by atoms with E-state index in [2.05, 4.69) is 10.2 Å². The van der Waals surface area contributed by atoms with Gasteiger partial charge in [0.25, 0.3) is 5.91 Å². The summed E-state index contributed by atoms with van der Waals surface area (Å²) in [6.45, 7) is 1.58. The number of anilines is 1. The summed E-state index contributed by atoms with van der Waals surface area (Å²) < 4.78 is 15.3.